The van der Waals surface area contributed by atoms with E-state index in [1.54, 1.807) is 30.3 Å². The second kappa shape index (κ2) is 8.79. The van der Waals surface area contributed by atoms with Crippen molar-refractivity contribution in [3.05, 3.63) is 71.0 Å². The lowest BCUT2D eigenvalue weighted by Crippen LogP contribution is -2.26. The lowest BCUT2D eigenvalue weighted by atomic mass is 10.1. The minimum atomic E-state index is -0.451. The summed E-state index contributed by atoms with van der Waals surface area (Å²) < 4.78 is 13.1. The summed E-state index contributed by atoms with van der Waals surface area (Å²) in [6, 6.07) is 12.4. The topological polar surface area (TPSA) is 84.2 Å². The van der Waals surface area contributed by atoms with Gasteiger partial charge in [-0.15, -0.1) is 0 Å². The number of nitrogens with one attached hydrogen (secondary N) is 2. The largest absolute Gasteiger partial charge is 0.352 e. The molecule has 126 valence electrons. The van der Waals surface area contributed by atoms with Crippen LogP contribution in [0, 0.1) is 5.82 Å². The molecule has 0 aliphatic carbocycles. The Kier molecular flexibility index (Phi) is 6.45. The van der Waals surface area contributed by atoms with Crippen LogP contribution in [0.3, 0.4) is 0 Å². The average molecular weight is 329 g/mol. The minimum absolute atomic E-state index is 0.154. The van der Waals surface area contributed by atoms with Gasteiger partial charge >= 0.3 is 0 Å². The van der Waals surface area contributed by atoms with E-state index in [4.69, 9.17) is 5.73 Å². The van der Waals surface area contributed by atoms with Crippen molar-refractivity contribution in [2.45, 2.75) is 13.0 Å². The lowest BCUT2D eigenvalue weighted by molar-refractivity contribution is 0.0942. The molecule has 4 N–H and O–H groups in total. The average Bonchev–Trinajstić information content (AvgIpc) is 2.60. The van der Waals surface area contributed by atoms with E-state index in [1.165, 1.54) is 18.2 Å². The van der Waals surface area contributed by atoms with Crippen molar-refractivity contribution in [1.82, 2.24) is 10.6 Å². The number of carbonyl (C=O) groups is 2. The predicted octanol–water partition coefficient (Wildman–Crippen LogP) is 1.83. The van der Waals surface area contributed by atoms with Crippen molar-refractivity contribution in [2.24, 2.45) is 5.73 Å². The Labute approximate surface area is 140 Å². The van der Waals surface area contributed by atoms with Crippen molar-refractivity contribution in [3.8, 4) is 0 Å². The lowest BCUT2D eigenvalue weighted by Gasteiger charge is -2.07. The Morgan fingerprint density at radius 3 is 2.33 bits per heavy atom. The zero-order valence-corrected chi connectivity index (χ0v) is 13.2. The molecule has 0 fully saturated rings. The molecule has 0 radical (unpaired) electrons. The van der Waals surface area contributed by atoms with Crippen molar-refractivity contribution >= 4 is 11.8 Å². The fourth-order valence-corrected chi connectivity index (χ4v) is 2.09. The molecule has 2 amide bonds. The summed E-state index contributed by atoms with van der Waals surface area (Å²) in [7, 11) is 0. The van der Waals surface area contributed by atoms with Gasteiger partial charge in [0.15, 0.2) is 0 Å². The molecule has 0 spiro atoms. The number of hydrogen-bond donors (Lipinski definition) is 3. The van der Waals surface area contributed by atoms with Gasteiger partial charge in [-0.2, -0.15) is 0 Å². The van der Waals surface area contributed by atoms with Crippen LogP contribution in [0.2, 0.25) is 0 Å². The fourth-order valence-electron chi connectivity index (χ4n) is 2.09. The Morgan fingerprint density at radius 2 is 1.67 bits per heavy atom. The van der Waals surface area contributed by atoms with Gasteiger partial charge in [0.25, 0.3) is 11.8 Å². The first-order valence-electron chi connectivity index (χ1n) is 7.71. The highest BCUT2D eigenvalue weighted by molar-refractivity contribution is 5.94. The maximum atomic E-state index is 13.1. The Morgan fingerprint density at radius 1 is 0.958 bits per heavy atom. The van der Waals surface area contributed by atoms with E-state index in [9.17, 15) is 14.0 Å². The molecule has 2 aromatic carbocycles. The van der Waals surface area contributed by atoms with E-state index in [1.807, 2.05) is 0 Å². The first-order valence-corrected chi connectivity index (χ1v) is 7.71. The third-order valence-corrected chi connectivity index (χ3v) is 3.42. The van der Waals surface area contributed by atoms with E-state index >= 15 is 0 Å². The Hall–Kier alpha value is -2.73. The second-order valence-electron chi connectivity index (χ2n) is 5.29. The fraction of sp³-hybridized carbons (Fsp3) is 0.222. The summed E-state index contributed by atoms with van der Waals surface area (Å²) in [6.45, 7) is 1.37. The smallest absolute Gasteiger partial charge is 0.251 e. The summed E-state index contributed by atoms with van der Waals surface area (Å²) in [5.41, 5.74) is 7.04. The van der Waals surface area contributed by atoms with Gasteiger partial charge in [0, 0.05) is 24.2 Å². The molecule has 5 nitrogen and oxygen atoms in total. The number of benzene rings is 2. The standard InChI is InChI=1S/C18H20FN3O2/c19-16-4-1-3-15(11-16)18(24)22-12-13-5-7-14(8-6-13)17(23)21-10-2-9-20/h1,3-8,11H,2,9-10,12,20H2,(H,21,23)(H,22,24). The van der Waals surface area contributed by atoms with Gasteiger partial charge < -0.3 is 16.4 Å². The van der Waals surface area contributed by atoms with Crippen molar-refractivity contribution in [1.29, 1.82) is 0 Å². The summed E-state index contributed by atoms with van der Waals surface area (Å²) in [5, 5.41) is 5.49. The first kappa shape index (κ1) is 17.6. The zero-order valence-electron chi connectivity index (χ0n) is 13.2. The molecule has 0 saturated carbocycles. The molecule has 0 aliphatic rings. The molecule has 2 rings (SSSR count). The van der Waals surface area contributed by atoms with Crippen LogP contribution < -0.4 is 16.4 Å². The molecule has 0 atom stereocenters. The Bertz CT molecular complexity index is 702. The third kappa shape index (κ3) is 5.17. The van der Waals surface area contributed by atoms with Crippen LogP contribution in [0.4, 0.5) is 4.39 Å². The maximum absolute atomic E-state index is 13.1. The highest BCUT2D eigenvalue weighted by Crippen LogP contribution is 2.06. The molecule has 0 saturated heterocycles. The van der Waals surface area contributed by atoms with Crippen LogP contribution in [-0.2, 0) is 6.54 Å². The summed E-state index contributed by atoms with van der Waals surface area (Å²) >= 11 is 0. The molecular formula is C18H20FN3O2. The van der Waals surface area contributed by atoms with E-state index in [-0.39, 0.29) is 17.4 Å². The van der Waals surface area contributed by atoms with Gasteiger partial charge in [-0.1, -0.05) is 18.2 Å². The number of rotatable bonds is 7. The van der Waals surface area contributed by atoms with E-state index in [2.05, 4.69) is 10.6 Å². The molecule has 0 unspecified atom stereocenters. The van der Waals surface area contributed by atoms with Gasteiger partial charge in [0.1, 0.15) is 5.82 Å². The number of carbonyl (C=O) groups excluding carboxylic acids is 2. The van der Waals surface area contributed by atoms with Gasteiger partial charge in [0.05, 0.1) is 0 Å². The molecule has 6 heteroatoms. The van der Waals surface area contributed by atoms with Gasteiger partial charge in [-0.25, -0.2) is 4.39 Å². The van der Waals surface area contributed by atoms with Crippen LogP contribution in [0.25, 0.3) is 0 Å². The quantitative estimate of drug-likeness (QED) is 0.678. The molecule has 0 aromatic heterocycles. The first-order chi connectivity index (χ1) is 11.6. The third-order valence-electron chi connectivity index (χ3n) is 3.42. The zero-order chi connectivity index (χ0) is 17.4. The molecular weight excluding hydrogens is 309 g/mol. The number of amides is 2. The SMILES string of the molecule is NCCCNC(=O)c1ccc(CNC(=O)c2cccc(F)c2)cc1. The van der Waals surface area contributed by atoms with Gasteiger partial charge in [-0.05, 0) is 48.9 Å². The second-order valence-corrected chi connectivity index (χ2v) is 5.29. The number of nitrogens with two attached hydrogens (primary N) is 1. The molecule has 24 heavy (non-hydrogen) atoms. The number of hydrogen-bond acceptors (Lipinski definition) is 3. The normalized spacial score (nSPS) is 10.2. The highest BCUT2D eigenvalue weighted by atomic mass is 19.1. The molecule has 0 aliphatic heterocycles. The summed E-state index contributed by atoms with van der Waals surface area (Å²) in [6.07, 6.45) is 0.732. The van der Waals surface area contributed by atoms with Crippen LogP contribution in [0.15, 0.2) is 48.5 Å². The van der Waals surface area contributed by atoms with Crippen LogP contribution >= 0.6 is 0 Å². The van der Waals surface area contributed by atoms with Crippen LogP contribution in [0.1, 0.15) is 32.7 Å². The summed E-state index contributed by atoms with van der Waals surface area (Å²) in [5.74, 6) is -0.954. The molecule has 0 bridgehead atoms. The van der Waals surface area contributed by atoms with E-state index in [0.717, 1.165) is 12.0 Å². The maximum Gasteiger partial charge on any atom is 0.251 e. The van der Waals surface area contributed by atoms with E-state index in [0.29, 0.717) is 25.2 Å². The van der Waals surface area contributed by atoms with Gasteiger partial charge in [0.2, 0.25) is 0 Å². The van der Waals surface area contributed by atoms with Gasteiger partial charge in [-0.3, -0.25) is 9.59 Å². The minimum Gasteiger partial charge on any atom is -0.352 e. The predicted molar refractivity (Wildman–Crippen MR) is 90.0 cm³/mol. The van der Waals surface area contributed by atoms with Crippen LogP contribution in [-0.4, -0.2) is 24.9 Å². The molecule has 0 heterocycles. The highest BCUT2D eigenvalue weighted by Gasteiger charge is 2.07. The Balaban J connectivity index is 1.87. The van der Waals surface area contributed by atoms with Crippen LogP contribution in [0.5, 0.6) is 0 Å². The monoisotopic (exact) mass is 329 g/mol. The van der Waals surface area contributed by atoms with Crippen molar-refractivity contribution < 1.29 is 14.0 Å². The summed E-state index contributed by atoms with van der Waals surface area (Å²) in [4.78, 5) is 23.8. The van der Waals surface area contributed by atoms with Crippen molar-refractivity contribution in [3.63, 3.8) is 0 Å². The molecule has 2 aromatic rings. The van der Waals surface area contributed by atoms with E-state index < -0.39 is 5.82 Å². The van der Waals surface area contributed by atoms with Crippen molar-refractivity contribution in [2.75, 3.05) is 13.1 Å². The number of halogens is 1.